The van der Waals surface area contributed by atoms with Crippen LogP contribution in [-0.2, 0) is 6.42 Å². The van der Waals surface area contributed by atoms with Crippen LogP contribution in [0.2, 0.25) is 0 Å². The van der Waals surface area contributed by atoms with Crippen LogP contribution in [0.3, 0.4) is 0 Å². The van der Waals surface area contributed by atoms with Gasteiger partial charge in [-0.05, 0) is 57.3 Å². The zero-order valence-electron chi connectivity index (χ0n) is 12.7. The summed E-state index contributed by atoms with van der Waals surface area (Å²) in [6.07, 6.45) is 2.87. The number of phenols is 1. The molecule has 1 unspecified atom stereocenters. The van der Waals surface area contributed by atoms with Crippen LogP contribution >= 0.6 is 0 Å². The molecule has 1 atom stereocenters. The van der Waals surface area contributed by atoms with Gasteiger partial charge in [-0.1, -0.05) is 24.6 Å². The van der Waals surface area contributed by atoms with Crippen molar-refractivity contribution in [3.63, 3.8) is 0 Å². The molecule has 0 aromatic heterocycles. The number of aryl methyl sites for hydroxylation is 1. The number of phenolic OH excluding ortho intramolecular Hbond substituents is 1. The van der Waals surface area contributed by atoms with Gasteiger partial charge in [0.05, 0.1) is 6.07 Å². The van der Waals surface area contributed by atoms with Crippen LogP contribution in [0, 0.1) is 24.2 Å². The Balaban J connectivity index is 2.19. The Bertz CT molecular complexity index is 512. The van der Waals surface area contributed by atoms with Gasteiger partial charge in [-0.3, -0.25) is 4.90 Å². The molecule has 1 heterocycles. The van der Waals surface area contributed by atoms with E-state index in [1.54, 1.807) is 6.07 Å². The van der Waals surface area contributed by atoms with Crippen molar-refractivity contribution in [1.29, 1.82) is 5.26 Å². The van der Waals surface area contributed by atoms with Crippen molar-refractivity contribution in [2.24, 2.45) is 5.92 Å². The highest BCUT2D eigenvalue weighted by Gasteiger charge is 2.34. The fourth-order valence-corrected chi connectivity index (χ4v) is 2.95. The molecule has 1 N–H and O–H groups in total. The van der Waals surface area contributed by atoms with E-state index < -0.39 is 5.54 Å². The lowest BCUT2D eigenvalue weighted by molar-refractivity contribution is 0.103. The van der Waals surface area contributed by atoms with Gasteiger partial charge in [-0.25, -0.2) is 0 Å². The third-order valence-corrected chi connectivity index (χ3v) is 4.49. The maximum atomic E-state index is 10.0. The van der Waals surface area contributed by atoms with Gasteiger partial charge in [0.15, 0.2) is 0 Å². The van der Waals surface area contributed by atoms with E-state index in [-0.39, 0.29) is 0 Å². The highest BCUT2D eigenvalue weighted by atomic mass is 16.3. The Morgan fingerprint density at radius 3 is 2.65 bits per heavy atom. The summed E-state index contributed by atoms with van der Waals surface area (Å²) in [5.74, 6) is 1.05. The van der Waals surface area contributed by atoms with Gasteiger partial charge < -0.3 is 5.11 Å². The number of benzene rings is 1. The molecule has 1 saturated heterocycles. The standard InChI is InChI=1S/C17H24N2O/c1-13-6-8-19(9-7-13)17(3,12-18)11-15-10-14(2)4-5-16(15)20/h4-5,10,13,20H,6-9,11H2,1-3H3. The van der Waals surface area contributed by atoms with Crippen LogP contribution in [0.4, 0.5) is 0 Å². The first-order chi connectivity index (χ1) is 9.44. The first-order valence-electron chi connectivity index (χ1n) is 7.39. The quantitative estimate of drug-likeness (QED) is 0.918. The number of nitriles is 1. The minimum absolute atomic E-state index is 0.294. The largest absolute Gasteiger partial charge is 0.508 e. The lowest BCUT2D eigenvalue weighted by Crippen LogP contribution is -2.50. The molecule has 0 aliphatic carbocycles. The first-order valence-corrected chi connectivity index (χ1v) is 7.39. The number of hydrogen-bond acceptors (Lipinski definition) is 3. The predicted octanol–water partition coefficient (Wildman–Crippen LogP) is 3.26. The molecular formula is C17H24N2O. The molecule has 0 amide bonds. The van der Waals surface area contributed by atoms with Crippen LogP contribution < -0.4 is 0 Å². The summed E-state index contributed by atoms with van der Waals surface area (Å²) in [6, 6.07) is 8.07. The lowest BCUT2D eigenvalue weighted by Gasteiger charge is -2.40. The zero-order valence-corrected chi connectivity index (χ0v) is 12.7. The maximum Gasteiger partial charge on any atom is 0.118 e. The molecule has 3 heteroatoms. The number of likely N-dealkylation sites (tertiary alicyclic amines) is 1. The van der Waals surface area contributed by atoms with E-state index in [0.717, 1.165) is 43.0 Å². The van der Waals surface area contributed by atoms with E-state index in [9.17, 15) is 10.4 Å². The summed E-state index contributed by atoms with van der Waals surface area (Å²) in [7, 11) is 0. The van der Waals surface area contributed by atoms with Crippen molar-refractivity contribution in [3.05, 3.63) is 29.3 Å². The minimum Gasteiger partial charge on any atom is -0.508 e. The highest BCUT2D eigenvalue weighted by Crippen LogP contribution is 2.30. The Hall–Kier alpha value is -1.53. The average Bonchev–Trinajstić information content (AvgIpc) is 2.43. The van der Waals surface area contributed by atoms with E-state index >= 15 is 0 Å². The Kier molecular flexibility index (Phi) is 4.35. The molecule has 1 aliphatic rings. The van der Waals surface area contributed by atoms with Gasteiger partial charge in [0, 0.05) is 6.42 Å². The predicted molar refractivity (Wildman–Crippen MR) is 80.5 cm³/mol. The summed E-state index contributed by atoms with van der Waals surface area (Å²) in [6.45, 7) is 8.21. The Morgan fingerprint density at radius 2 is 2.05 bits per heavy atom. The SMILES string of the molecule is Cc1ccc(O)c(CC(C)(C#N)N2CCC(C)CC2)c1. The van der Waals surface area contributed by atoms with Gasteiger partial charge in [0.2, 0.25) is 0 Å². The van der Waals surface area contributed by atoms with Crippen LogP contribution in [-0.4, -0.2) is 28.6 Å². The van der Waals surface area contributed by atoms with Crippen molar-refractivity contribution in [2.45, 2.75) is 45.6 Å². The summed E-state index contributed by atoms with van der Waals surface area (Å²) < 4.78 is 0. The van der Waals surface area contributed by atoms with Crippen molar-refractivity contribution < 1.29 is 5.11 Å². The lowest BCUT2D eigenvalue weighted by atomic mass is 9.87. The van der Waals surface area contributed by atoms with E-state index in [1.165, 1.54) is 0 Å². The van der Waals surface area contributed by atoms with Crippen LogP contribution in [0.15, 0.2) is 18.2 Å². The van der Waals surface area contributed by atoms with Gasteiger partial charge in [-0.2, -0.15) is 5.26 Å². The fraction of sp³-hybridized carbons (Fsp3) is 0.588. The third kappa shape index (κ3) is 3.13. The van der Waals surface area contributed by atoms with Gasteiger partial charge in [0.25, 0.3) is 0 Å². The Labute approximate surface area is 121 Å². The first kappa shape index (κ1) is 14.9. The molecule has 0 spiro atoms. The molecule has 108 valence electrons. The van der Waals surface area contributed by atoms with Gasteiger partial charge >= 0.3 is 0 Å². The molecule has 20 heavy (non-hydrogen) atoms. The van der Waals surface area contributed by atoms with E-state index in [0.29, 0.717) is 12.2 Å². The van der Waals surface area contributed by atoms with Crippen molar-refractivity contribution >= 4 is 0 Å². The Morgan fingerprint density at radius 1 is 1.40 bits per heavy atom. The van der Waals surface area contributed by atoms with Crippen LogP contribution in [0.25, 0.3) is 0 Å². The molecule has 1 aromatic carbocycles. The molecule has 1 aliphatic heterocycles. The molecule has 2 rings (SSSR count). The monoisotopic (exact) mass is 272 g/mol. The van der Waals surface area contributed by atoms with Crippen molar-refractivity contribution in [2.75, 3.05) is 13.1 Å². The van der Waals surface area contributed by atoms with E-state index in [1.807, 2.05) is 26.0 Å². The molecule has 0 bridgehead atoms. The second-order valence-electron chi connectivity index (χ2n) is 6.36. The molecule has 3 nitrogen and oxygen atoms in total. The molecule has 0 radical (unpaired) electrons. The second kappa shape index (κ2) is 5.85. The number of nitrogens with zero attached hydrogens (tertiary/aromatic N) is 2. The van der Waals surface area contributed by atoms with Crippen LogP contribution in [0.1, 0.15) is 37.8 Å². The second-order valence-corrected chi connectivity index (χ2v) is 6.36. The van der Waals surface area contributed by atoms with E-state index in [2.05, 4.69) is 17.9 Å². The number of aromatic hydroxyl groups is 1. The zero-order chi connectivity index (χ0) is 14.8. The summed E-state index contributed by atoms with van der Waals surface area (Å²) >= 11 is 0. The highest BCUT2D eigenvalue weighted by molar-refractivity contribution is 5.38. The topological polar surface area (TPSA) is 47.3 Å². The third-order valence-electron chi connectivity index (χ3n) is 4.49. The molecule has 1 aromatic rings. The number of rotatable bonds is 3. The van der Waals surface area contributed by atoms with Gasteiger partial charge in [-0.15, -0.1) is 0 Å². The molecule has 1 fully saturated rings. The van der Waals surface area contributed by atoms with E-state index in [4.69, 9.17) is 0 Å². The van der Waals surface area contributed by atoms with Crippen molar-refractivity contribution in [1.82, 2.24) is 4.90 Å². The fourth-order valence-electron chi connectivity index (χ4n) is 2.95. The molecule has 0 saturated carbocycles. The summed E-state index contributed by atoms with van der Waals surface area (Å²) in [5, 5.41) is 19.7. The maximum absolute atomic E-state index is 10.0. The van der Waals surface area contributed by atoms with Crippen LogP contribution in [0.5, 0.6) is 5.75 Å². The average molecular weight is 272 g/mol. The normalized spacial score (nSPS) is 20.3. The molecular weight excluding hydrogens is 248 g/mol. The summed E-state index contributed by atoms with van der Waals surface area (Å²) in [5.41, 5.74) is 1.45. The van der Waals surface area contributed by atoms with Gasteiger partial charge in [0.1, 0.15) is 11.3 Å². The number of piperidine rings is 1. The summed E-state index contributed by atoms with van der Waals surface area (Å²) in [4.78, 5) is 2.27. The smallest absolute Gasteiger partial charge is 0.118 e. The minimum atomic E-state index is -0.536. The number of hydrogen-bond donors (Lipinski definition) is 1. The van der Waals surface area contributed by atoms with Crippen molar-refractivity contribution in [3.8, 4) is 11.8 Å².